The molecule has 3 aromatic heterocycles. The van der Waals surface area contributed by atoms with E-state index in [1.807, 2.05) is 41.3 Å². The molecule has 10 nitrogen and oxygen atoms in total. The Hall–Kier alpha value is -4.01. The molecule has 6 heterocycles. The van der Waals surface area contributed by atoms with Gasteiger partial charge in [0.05, 0.1) is 38.1 Å². The van der Waals surface area contributed by atoms with Crippen LogP contribution < -0.4 is 9.47 Å². The molecule has 0 saturated carbocycles. The summed E-state index contributed by atoms with van der Waals surface area (Å²) < 4.78 is 29.5. The Morgan fingerprint density at radius 3 is 2.60 bits per heavy atom. The van der Waals surface area contributed by atoms with Gasteiger partial charge in [-0.05, 0) is 42.7 Å². The lowest BCUT2D eigenvalue weighted by molar-refractivity contribution is -0.102. The highest BCUT2D eigenvalue weighted by Crippen LogP contribution is 2.39. The summed E-state index contributed by atoms with van der Waals surface area (Å²) >= 11 is 0. The molecule has 3 saturated heterocycles. The van der Waals surface area contributed by atoms with Gasteiger partial charge in [-0.3, -0.25) is 9.88 Å². The first-order valence-electron chi connectivity index (χ1n) is 14.4. The lowest BCUT2D eigenvalue weighted by Gasteiger charge is -2.35. The van der Waals surface area contributed by atoms with Crippen LogP contribution >= 0.6 is 0 Å². The van der Waals surface area contributed by atoms with E-state index < -0.39 is 6.23 Å². The Bertz CT molecular complexity index is 1630. The Labute approximate surface area is 243 Å². The minimum absolute atomic E-state index is 0.0379. The van der Waals surface area contributed by atoms with Crippen molar-refractivity contribution in [3.05, 3.63) is 59.9 Å². The number of ether oxygens (including phenoxy) is 4. The predicted molar refractivity (Wildman–Crippen MR) is 153 cm³/mol. The van der Waals surface area contributed by atoms with Gasteiger partial charge in [0.15, 0.2) is 11.3 Å². The molecule has 10 heteroatoms. The molecule has 3 fully saturated rings. The summed E-state index contributed by atoms with van der Waals surface area (Å²) in [5.74, 6) is 1.55. The van der Waals surface area contributed by atoms with E-state index in [9.17, 15) is 10.4 Å². The number of aliphatic hydroxyl groups excluding tert-OH is 1. The minimum atomic E-state index is -0.802. The monoisotopic (exact) mass is 568 g/mol. The van der Waals surface area contributed by atoms with Crippen LogP contribution in [0.4, 0.5) is 0 Å². The van der Waals surface area contributed by atoms with Crippen molar-refractivity contribution in [1.29, 1.82) is 5.26 Å². The van der Waals surface area contributed by atoms with Crippen LogP contribution in [0.15, 0.2) is 53.2 Å². The van der Waals surface area contributed by atoms with Gasteiger partial charge < -0.3 is 28.5 Å². The van der Waals surface area contributed by atoms with Crippen LogP contribution in [0.3, 0.4) is 0 Å². The number of aromatic nitrogens is 2. The smallest absolute Gasteiger partial charge is 0.161 e. The number of nitriles is 1. The molecular weight excluding hydrogens is 536 g/mol. The zero-order valence-corrected chi connectivity index (χ0v) is 23.4. The van der Waals surface area contributed by atoms with Crippen molar-refractivity contribution in [2.45, 2.75) is 50.2 Å². The fourth-order valence-electron chi connectivity index (χ4n) is 6.14. The van der Waals surface area contributed by atoms with Gasteiger partial charge in [-0.2, -0.15) is 5.26 Å². The Morgan fingerprint density at radius 1 is 1.02 bits per heavy atom. The van der Waals surface area contributed by atoms with Crippen molar-refractivity contribution in [2.24, 2.45) is 0 Å². The molecule has 42 heavy (non-hydrogen) atoms. The Balaban J connectivity index is 1.18. The van der Waals surface area contributed by atoms with Gasteiger partial charge in [-0.15, -0.1) is 0 Å². The molecule has 3 aliphatic heterocycles. The topological polar surface area (TPSA) is 123 Å². The number of methoxy groups -OCH3 is 1. The van der Waals surface area contributed by atoms with Crippen LogP contribution in [0, 0.1) is 11.3 Å². The maximum Gasteiger partial charge on any atom is 0.161 e. The van der Waals surface area contributed by atoms with E-state index in [0.717, 1.165) is 36.8 Å². The van der Waals surface area contributed by atoms with Crippen LogP contribution in [0.5, 0.6) is 11.5 Å². The predicted octanol–water partition coefficient (Wildman–Crippen LogP) is 4.85. The molecule has 0 radical (unpaired) electrons. The largest absolute Gasteiger partial charge is 0.494 e. The molecule has 3 atom stereocenters. The maximum atomic E-state index is 11.1. The number of likely N-dealkylation sites (tertiary alicyclic amines) is 1. The van der Waals surface area contributed by atoms with E-state index in [1.54, 1.807) is 19.5 Å². The summed E-state index contributed by atoms with van der Waals surface area (Å²) in [5.41, 5.74) is 4.47. The van der Waals surface area contributed by atoms with E-state index >= 15 is 0 Å². The lowest BCUT2D eigenvalue weighted by atomic mass is 10.0. The first-order chi connectivity index (χ1) is 20.6. The number of hydrogen-bond acceptors (Lipinski definition) is 10. The van der Waals surface area contributed by atoms with Crippen molar-refractivity contribution in [3.63, 3.8) is 0 Å². The quantitative estimate of drug-likeness (QED) is 0.331. The van der Waals surface area contributed by atoms with Crippen molar-refractivity contribution in [2.75, 3.05) is 33.4 Å². The Kier molecular flexibility index (Phi) is 7.25. The zero-order valence-electron chi connectivity index (χ0n) is 23.4. The molecular formula is C32H32N4O6. The number of fused-ring (bicyclic) bond motifs is 3. The third kappa shape index (κ3) is 5.10. The summed E-state index contributed by atoms with van der Waals surface area (Å²) in [6.07, 6.45) is 6.63. The minimum Gasteiger partial charge on any atom is -0.494 e. The SMILES string of the molecule is COc1cc(C(O)N2CC3CCC(C2)O3)cnc1-c1cc2nccc(-c3ccc(OC4CCOCC4)c(C#N)c3)c2o1. The van der Waals surface area contributed by atoms with E-state index in [0.29, 0.717) is 71.5 Å². The van der Waals surface area contributed by atoms with Crippen molar-refractivity contribution in [1.82, 2.24) is 14.9 Å². The van der Waals surface area contributed by atoms with Crippen LogP contribution in [-0.4, -0.2) is 71.7 Å². The molecule has 0 aliphatic carbocycles. The number of morpholine rings is 1. The summed E-state index contributed by atoms with van der Waals surface area (Å²) in [6.45, 7) is 2.71. The summed E-state index contributed by atoms with van der Waals surface area (Å²) in [6, 6.07) is 13.4. The molecule has 0 amide bonds. The average molecular weight is 569 g/mol. The fourth-order valence-corrected chi connectivity index (χ4v) is 6.14. The van der Waals surface area contributed by atoms with Crippen LogP contribution in [0.2, 0.25) is 0 Å². The van der Waals surface area contributed by atoms with Gasteiger partial charge in [0.2, 0.25) is 0 Å². The molecule has 216 valence electrons. The summed E-state index contributed by atoms with van der Waals surface area (Å²) in [5, 5.41) is 21.0. The standard InChI is InChI=1S/C32H32N4O6/c1-38-28-13-21(32(37)36-17-23-3-4-24(18-36)40-23)16-35-30(28)29-14-26-31(42-29)25(6-9-34-26)19-2-5-27(20(12-19)15-33)41-22-7-10-39-11-8-22/h2,5-6,9,12-14,16,22-24,32,37H,3-4,7-8,10-11,17-18H2,1H3. The second-order valence-corrected chi connectivity index (χ2v) is 11.0. The zero-order chi connectivity index (χ0) is 28.6. The van der Waals surface area contributed by atoms with Crippen molar-refractivity contribution >= 4 is 11.1 Å². The van der Waals surface area contributed by atoms with Gasteiger partial charge >= 0.3 is 0 Å². The number of benzene rings is 1. The van der Waals surface area contributed by atoms with E-state index in [4.69, 9.17) is 23.4 Å². The summed E-state index contributed by atoms with van der Waals surface area (Å²) in [4.78, 5) is 11.2. The normalized spacial score (nSPS) is 21.7. The first-order valence-corrected chi connectivity index (χ1v) is 14.4. The number of pyridine rings is 2. The number of rotatable bonds is 7. The van der Waals surface area contributed by atoms with Gasteiger partial charge in [-0.25, -0.2) is 4.98 Å². The van der Waals surface area contributed by atoms with E-state index in [2.05, 4.69) is 16.0 Å². The van der Waals surface area contributed by atoms with Crippen molar-refractivity contribution in [3.8, 4) is 40.1 Å². The van der Waals surface area contributed by atoms with Gasteiger partial charge in [0.25, 0.3) is 0 Å². The van der Waals surface area contributed by atoms with Gasteiger partial charge in [-0.1, -0.05) is 6.07 Å². The second kappa shape index (κ2) is 11.3. The highest BCUT2D eigenvalue weighted by molar-refractivity contribution is 5.92. The van der Waals surface area contributed by atoms with Crippen LogP contribution in [0.25, 0.3) is 33.7 Å². The Morgan fingerprint density at radius 2 is 1.83 bits per heavy atom. The molecule has 7 rings (SSSR count). The molecule has 2 bridgehead atoms. The third-order valence-electron chi connectivity index (χ3n) is 8.33. The van der Waals surface area contributed by atoms with Crippen LogP contribution in [0.1, 0.15) is 43.0 Å². The molecule has 1 N–H and O–H groups in total. The second-order valence-electron chi connectivity index (χ2n) is 11.0. The van der Waals surface area contributed by atoms with Crippen molar-refractivity contribution < 1.29 is 28.5 Å². The molecule has 0 spiro atoms. The number of hydrogen-bond donors (Lipinski definition) is 1. The highest BCUT2D eigenvalue weighted by Gasteiger charge is 2.36. The maximum absolute atomic E-state index is 11.1. The lowest BCUT2D eigenvalue weighted by Crippen LogP contribution is -2.44. The third-order valence-corrected chi connectivity index (χ3v) is 8.33. The van der Waals surface area contributed by atoms with Gasteiger partial charge in [0.1, 0.15) is 41.1 Å². The van der Waals surface area contributed by atoms with E-state index in [-0.39, 0.29) is 18.3 Å². The molecule has 3 aliphatic rings. The number of nitrogens with zero attached hydrogens (tertiary/aromatic N) is 4. The molecule has 4 aromatic rings. The number of furan rings is 1. The van der Waals surface area contributed by atoms with Crippen LogP contribution in [-0.2, 0) is 9.47 Å². The van der Waals surface area contributed by atoms with Gasteiger partial charge in [0, 0.05) is 55.5 Å². The molecule has 3 unspecified atom stereocenters. The summed E-state index contributed by atoms with van der Waals surface area (Å²) in [7, 11) is 1.57. The number of aliphatic hydroxyl groups is 1. The fraction of sp³-hybridized carbons (Fsp3) is 0.406. The van der Waals surface area contributed by atoms with E-state index in [1.165, 1.54) is 0 Å². The molecule has 1 aromatic carbocycles. The average Bonchev–Trinajstić information content (AvgIpc) is 3.63. The first kappa shape index (κ1) is 26.9. The highest BCUT2D eigenvalue weighted by atomic mass is 16.5.